The van der Waals surface area contributed by atoms with Crippen LogP contribution in [0, 0.1) is 0 Å². The third-order valence-corrected chi connectivity index (χ3v) is 4.44. The Hall–Kier alpha value is -1.36. The summed E-state index contributed by atoms with van der Waals surface area (Å²) in [4.78, 5) is 11.8. The molecule has 1 rings (SSSR count). The summed E-state index contributed by atoms with van der Waals surface area (Å²) in [6.07, 6.45) is -2.96. The highest BCUT2D eigenvalue weighted by atomic mass is 32.2. The van der Waals surface area contributed by atoms with E-state index in [1.54, 1.807) is 36.0 Å². The van der Waals surface area contributed by atoms with Crippen LogP contribution in [0.4, 0.5) is 11.4 Å². The molecule has 4 atom stereocenters. The number of thioether (sulfide) groups is 1. The fourth-order valence-corrected chi connectivity index (χ4v) is 2.65. The largest absolute Gasteiger partial charge is 0.394 e. The van der Waals surface area contributed by atoms with Crippen molar-refractivity contribution < 1.29 is 30.3 Å². The first kappa shape index (κ1) is 22.7. The molecule has 0 radical (unpaired) electrons. The van der Waals surface area contributed by atoms with Crippen molar-refractivity contribution in [2.75, 3.05) is 35.8 Å². The van der Waals surface area contributed by atoms with Gasteiger partial charge >= 0.3 is 0 Å². The van der Waals surface area contributed by atoms with E-state index in [4.69, 9.17) is 5.11 Å². The summed E-state index contributed by atoms with van der Waals surface area (Å²) in [6, 6.07) is 6.88. The zero-order valence-corrected chi connectivity index (χ0v) is 15.5. The van der Waals surface area contributed by atoms with Gasteiger partial charge in [0, 0.05) is 24.3 Å². The summed E-state index contributed by atoms with van der Waals surface area (Å²) >= 11 is 1.69. The lowest BCUT2D eigenvalue weighted by molar-refractivity contribution is -0.116. The molecule has 0 aliphatic carbocycles. The van der Waals surface area contributed by atoms with Crippen molar-refractivity contribution in [2.45, 2.75) is 37.3 Å². The summed E-state index contributed by atoms with van der Waals surface area (Å²) in [6.45, 7) is -0.821. The number of rotatable bonds is 12. The smallest absolute Gasteiger partial charge is 0.224 e. The second kappa shape index (κ2) is 12.1. The van der Waals surface area contributed by atoms with Crippen molar-refractivity contribution in [1.29, 1.82) is 0 Å². The molecular weight excluding hydrogens is 360 g/mol. The van der Waals surface area contributed by atoms with Crippen LogP contribution in [-0.2, 0) is 4.79 Å². The molecule has 148 valence electrons. The normalized spacial score (nSPS) is 15.8. The van der Waals surface area contributed by atoms with Crippen LogP contribution in [0.3, 0.4) is 0 Å². The van der Waals surface area contributed by atoms with Crippen LogP contribution in [0.1, 0.15) is 12.8 Å². The van der Waals surface area contributed by atoms with Gasteiger partial charge in [0.05, 0.1) is 12.7 Å². The van der Waals surface area contributed by atoms with Gasteiger partial charge in [-0.25, -0.2) is 0 Å². The third-order valence-electron chi connectivity index (χ3n) is 3.74. The summed E-state index contributed by atoms with van der Waals surface area (Å²) in [5.74, 6) is 0.847. The number of anilines is 2. The minimum absolute atomic E-state index is 0.0761. The zero-order chi connectivity index (χ0) is 19.5. The lowest BCUT2D eigenvalue weighted by Crippen LogP contribution is -2.48. The van der Waals surface area contributed by atoms with Gasteiger partial charge in [0.1, 0.15) is 18.3 Å². The molecule has 0 aliphatic heterocycles. The number of hydrogen-bond acceptors (Lipinski definition) is 8. The predicted molar refractivity (Wildman–Crippen MR) is 102 cm³/mol. The van der Waals surface area contributed by atoms with Crippen molar-refractivity contribution in [2.24, 2.45) is 0 Å². The Morgan fingerprint density at radius 1 is 1.12 bits per heavy atom. The van der Waals surface area contributed by atoms with Crippen LogP contribution in [0.15, 0.2) is 24.3 Å². The number of benzene rings is 1. The van der Waals surface area contributed by atoms with Crippen LogP contribution >= 0.6 is 11.8 Å². The number of hydrogen-bond donors (Lipinski definition) is 7. The van der Waals surface area contributed by atoms with E-state index in [2.05, 4.69) is 10.6 Å². The molecule has 0 saturated carbocycles. The lowest BCUT2D eigenvalue weighted by Gasteiger charge is -2.26. The van der Waals surface area contributed by atoms with Gasteiger partial charge in [-0.2, -0.15) is 11.8 Å². The van der Waals surface area contributed by atoms with Crippen molar-refractivity contribution in [1.82, 2.24) is 0 Å². The molecule has 1 aromatic rings. The molecule has 2 unspecified atom stereocenters. The number of aliphatic hydroxyl groups excluding tert-OH is 5. The number of amides is 1. The van der Waals surface area contributed by atoms with E-state index in [9.17, 15) is 25.2 Å². The fourth-order valence-electron chi connectivity index (χ4n) is 2.21. The summed E-state index contributed by atoms with van der Waals surface area (Å²) in [5.41, 5.74) is 1.21. The SMILES string of the molecule is CSCCCC(=O)Nc1cccc(NCC(O)[C@@H](O)[C@@H](O)C(O)CO)c1. The Bertz CT molecular complexity index is 548. The van der Waals surface area contributed by atoms with Crippen molar-refractivity contribution >= 4 is 29.0 Å². The topological polar surface area (TPSA) is 142 Å². The van der Waals surface area contributed by atoms with Crippen LogP contribution < -0.4 is 10.6 Å². The third kappa shape index (κ3) is 7.90. The second-order valence-corrected chi connectivity index (χ2v) is 6.89. The van der Waals surface area contributed by atoms with E-state index < -0.39 is 31.0 Å². The minimum Gasteiger partial charge on any atom is -0.394 e. The van der Waals surface area contributed by atoms with Gasteiger partial charge in [-0.3, -0.25) is 4.79 Å². The maximum atomic E-state index is 11.8. The number of carbonyl (C=O) groups excluding carboxylic acids is 1. The molecule has 7 N–H and O–H groups in total. The number of nitrogens with one attached hydrogen (secondary N) is 2. The van der Waals surface area contributed by atoms with Crippen LogP contribution in [-0.4, -0.2) is 81.0 Å². The van der Waals surface area contributed by atoms with Crippen molar-refractivity contribution in [3.8, 4) is 0 Å². The Kier molecular flexibility index (Phi) is 10.6. The zero-order valence-electron chi connectivity index (χ0n) is 14.7. The molecule has 9 heteroatoms. The lowest BCUT2D eigenvalue weighted by atomic mass is 10.0. The van der Waals surface area contributed by atoms with E-state index in [-0.39, 0.29) is 12.5 Å². The standard InChI is InChI=1S/C17H28N2O6S/c1-26-7-3-6-15(23)19-12-5-2-4-11(8-12)18-9-13(21)16(24)17(25)14(22)10-20/h2,4-5,8,13-14,16-18,20-22,24-25H,3,6-7,9-10H2,1H3,(H,19,23)/t13?,14?,16-,17+/m1/s1. The van der Waals surface area contributed by atoms with Gasteiger partial charge in [0.25, 0.3) is 0 Å². The van der Waals surface area contributed by atoms with E-state index in [0.717, 1.165) is 12.2 Å². The van der Waals surface area contributed by atoms with Gasteiger partial charge in [-0.05, 0) is 36.6 Å². The first-order valence-corrected chi connectivity index (χ1v) is 9.74. The Morgan fingerprint density at radius 2 is 1.77 bits per heavy atom. The fraction of sp³-hybridized carbons (Fsp3) is 0.588. The van der Waals surface area contributed by atoms with Crippen molar-refractivity contribution in [3.05, 3.63) is 24.3 Å². The molecule has 0 fully saturated rings. The predicted octanol–water partition coefficient (Wildman–Crippen LogP) is -0.384. The van der Waals surface area contributed by atoms with E-state index >= 15 is 0 Å². The summed E-state index contributed by atoms with van der Waals surface area (Å²) < 4.78 is 0. The second-order valence-electron chi connectivity index (χ2n) is 5.90. The molecule has 0 aromatic heterocycles. The Labute approximate surface area is 157 Å². The van der Waals surface area contributed by atoms with Gasteiger partial charge in [-0.1, -0.05) is 6.07 Å². The van der Waals surface area contributed by atoms with Gasteiger partial charge < -0.3 is 36.2 Å². The van der Waals surface area contributed by atoms with Crippen LogP contribution in [0.5, 0.6) is 0 Å². The van der Waals surface area contributed by atoms with E-state index in [1.807, 2.05) is 6.26 Å². The Balaban J connectivity index is 2.51. The first-order chi connectivity index (χ1) is 12.4. The summed E-state index contributed by atoms with van der Waals surface area (Å²) in [7, 11) is 0. The highest BCUT2D eigenvalue weighted by Crippen LogP contribution is 2.16. The molecule has 0 saturated heterocycles. The van der Waals surface area contributed by atoms with Gasteiger partial charge in [0.15, 0.2) is 0 Å². The maximum absolute atomic E-state index is 11.8. The van der Waals surface area contributed by atoms with Gasteiger partial charge in [-0.15, -0.1) is 0 Å². The molecule has 0 aliphatic rings. The molecule has 0 spiro atoms. The average molecular weight is 388 g/mol. The average Bonchev–Trinajstić information content (AvgIpc) is 2.64. The van der Waals surface area contributed by atoms with Crippen LogP contribution in [0.25, 0.3) is 0 Å². The maximum Gasteiger partial charge on any atom is 0.224 e. The number of aliphatic hydroxyl groups is 5. The molecular formula is C17H28N2O6S. The first-order valence-electron chi connectivity index (χ1n) is 8.35. The molecule has 1 amide bonds. The Morgan fingerprint density at radius 3 is 2.42 bits per heavy atom. The molecule has 1 aromatic carbocycles. The summed E-state index contributed by atoms with van der Waals surface area (Å²) in [5, 5.41) is 53.0. The van der Waals surface area contributed by atoms with Crippen LogP contribution in [0.2, 0.25) is 0 Å². The van der Waals surface area contributed by atoms with Crippen molar-refractivity contribution in [3.63, 3.8) is 0 Å². The van der Waals surface area contributed by atoms with E-state index in [1.165, 1.54) is 0 Å². The highest BCUT2D eigenvalue weighted by molar-refractivity contribution is 7.98. The quantitative estimate of drug-likeness (QED) is 0.240. The molecule has 0 heterocycles. The highest BCUT2D eigenvalue weighted by Gasteiger charge is 2.29. The van der Waals surface area contributed by atoms with E-state index in [0.29, 0.717) is 17.8 Å². The molecule has 8 nitrogen and oxygen atoms in total. The van der Waals surface area contributed by atoms with Gasteiger partial charge in [0.2, 0.25) is 5.91 Å². The molecule has 0 bridgehead atoms. The molecule has 26 heavy (non-hydrogen) atoms. The minimum atomic E-state index is -1.66. The monoisotopic (exact) mass is 388 g/mol. The number of carbonyl (C=O) groups is 1.